The first kappa shape index (κ1) is 20.9. The van der Waals surface area contributed by atoms with Gasteiger partial charge in [-0.2, -0.15) is 5.26 Å². The Kier molecular flexibility index (Phi) is 7.39. The number of nitriles is 1. The van der Waals surface area contributed by atoms with Gasteiger partial charge < -0.3 is 15.4 Å². The van der Waals surface area contributed by atoms with Crippen molar-refractivity contribution in [3.8, 4) is 11.8 Å². The molecule has 6 heteroatoms. The van der Waals surface area contributed by atoms with E-state index in [0.29, 0.717) is 23.3 Å². The number of ether oxygens (including phenoxy) is 1. The average molecular weight is 403 g/mol. The molecule has 5 nitrogen and oxygen atoms in total. The Morgan fingerprint density at radius 3 is 2.43 bits per heavy atom. The van der Waals surface area contributed by atoms with Gasteiger partial charge in [-0.05, 0) is 61.0 Å². The van der Waals surface area contributed by atoms with Crippen molar-refractivity contribution < 1.29 is 13.9 Å². The molecule has 3 rings (SSSR count). The normalized spacial score (nSPS) is 10.1. The summed E-state index contributed by atoms with van der Waals surface area (Å²) < 4.78 is 19.3. The molecule has 0 aliphatic carbocycles. The number of hydrogen-bond donors (Lipinski definition) is 2. The Bertz CT molecular complexity index is 1010. The predicted molar refractivity (Wildman–Crippen MR) is 114 cm³/mol. The summed E-state index contributed by atoms with van der Waals surface area (Å²) in [5, 5.41) is 14.8. The zero-order valence-electron chi connectivity index (χ0n) is 16.4. The summed E-state index contributed by atoms with van der Waals surface area (Å²) >= 11 is 0. The molecular weight excluding hydrogens is 381 g/mol. The van der Waals surface area contributed by atoms with Crippen LogP contribution in [0.25, 0.3) is 0 Å². The van der Waals surface area contributed by atoms with Gasteiger partial charge in [0.1, 0.15) is 11.6 Å². The van der Waals surface area contributed by atoms with Crippen molar-refractivity contribution in [3.05, 3.63) is 95.3 Å². The van der Waals surface area contributed by atoms with Crippen molar-refractivity contribution in [1.82, 2.24) is 5.32 Å². The molecule has 0 saturated carbocycles. The van der Waals surface area contributed by atoms with Gasteiger partial charge in [-0.3, -0.25) is 4.79 Å². The van der Waals surface area contributed by atoms with E-state index in [1.807, 2.05) is 12.1 Å². The molecule has 3 aromatic rings. The zero-order valence-corrected chi connectivity index (χ0v) is 16.4. The van der Waals surface area contributed by atoms with Crippen LogP contribution in [0.3, 0.4) is 0 Å². The molecule has 1 amide bonds. The second-order valence-corrected chi connectivity index (χ2v) is 6.62. The van der Waals surface area contributed by atoms with Crippen LogP contribution in [0.4, 0.5) is 10.1 Å². The van der Waals surface area contributed by atoms with Gasteiger partial charge in [0.05, 0.1) is 18.2 Å². The van der Waals surface area contributed by atoms with Crippen molar-refractivity contribution in [2.75, 3.05) is 18.5 Å². The monoisotopic (exact) mass is 403 g/mol. The molecule has 152 valence electrons. The fraction of sp³-hybridized carbons (Fsp3) is 0.167. The molecule has 0 spiro atoms. The van der Waals surface area contributed by atoms with Gasteiger partial charge >= 0.3 is 0 Å². The summed E-state index contributed by atoms with van der Waals surface area (Å²) in [6, 6.07) is 22.6. The first-order valence-electron chi connectivity index (χ1n) is 9.64. The van der Waals surface area contributed by atoms with E-state index in [-0.39, 0.29) is 18.3 Å². The molecular formula is C24H22FN3O2. The Balaban J connectivity index is 1.38. The molecule has 0 aliphatic heterocycles. The first-order valence-corrected chi connectivity index (χ1v) is 9.64. The van der Waals surface area contributed by atoms with Gasteiger partial charge in [-0.25, -0.2) is 4.39 Å². The van der Waals surface area contributed by atoms with E-state index >= 15 is 0 Å². The number of anilines is 1. The van der Waals surface area contributed by atoms with E-state index in [1.165, 1.54) is 6.07 Å². The fourth-order valence-electron chi connectivity index (χ4n) is 2.78. The summed E-state index contributed by atoms with van der Waals surface area (Å²) in [6.07, 6.45) is 0.797. The van der Waals surface area contributed by atoms with Crippen molar-refractivity contribution in [2.24, 2.45) is 0 Å². The standard InChI is InChI=1S/C24H22FN3O2/c25-23-5-2-1-4-20(23)17-28-24(29)19-8-10-21(11-9-19)27-14-3-15-30-22-12-6-18(16-26)7-13-22/h1-2,4-13,27H,3,14-15,17H2,(H,28,29). The summed E-state index contributed by atoms with van der Waals surface area (Å²) in [4.78, 5) is 12.2. The highest BCUT2D eigenvalue weighted by Crippen LogP contribution is 2.13. The molecule has 0 unspecified atom stereocenters. The van der Waals surface area contributed by atoms with Gasteiger partial charge in [0.2, 0.25) is 0 Å². The van der Waals surface area contributed by atoms with Crippen LogP contribution in [0.15, 0.2) is 72.8 Å². The van der Waals surface area contributed by atoms with Crippen LogP contribution in [0, 0.1) is 17.1 Å². The smallest absolute Gasteiger partial charge is 0.251 e. The average Bonchev–Trinajstić information content (AvgIpc) is 2.79. The lowest BCUT2D eigenvalue weighted by molar-refractivity contribution is 0.0950. The minimum atomic E-state index is -0.333. The van der Waals surface area contributed by atoms with Crippen molar-refractivity contribution in [2.45, 2.75) is 13.0 Å². The van der Waals surface area contributed by atoms with E-state index in [9.17, 15) is 9.18 Å². The Morgan fingerprint density at radius 2 is 1.73 bits per heavy atom. The summed E-state index contributed by atoms with van der Waals surface area (Å²) in [7, 11) is 0. The molecule has 0 radical (unpaired) electrons. The largest absolute Gasteiger partial charge is 0.494 e. The number of nitrogens with one attached hydrogen (secondary N) is 2. The van der Waals surface area contributed by atoms with Crippen LogP contribution in [-0.4, -0.2) is 19.1 Å². The minimum absolute atomic E-state index is 0.144. The van der Waals surface area contributed by atoms with Crippen molar-refractivity contribution in [1.29, 1.82) is 5.26 Å². The molecule has 0 fully saturated rings. The highest BCUT2D eigenvalue weighted by molar-refractivity contribution is 5.94. The van der Waals surface area contributed by atoms with Crippen molar-refractivity contribution >= 4 is 11.6 Å². The predicted octanol–water partition coefficient (Wildman–Crippen LogP) is 4.51. The number of hydrogen-bond acceptors (Lipinski definition) is 4. The van der Waals surface area contributed by atoms with Gasteiger partial charge in [-0.1, -0.05) is 18.2 Å². The van der Waals surface area contributed by atoms with Gasteiger partial charge in [0.15, 0.2) is 0 Å². The fourth-order valence-corrected chi connectivity index (χ4v) is 2.78. The summed E-state index contributed by atoms with van der Waals surface area (Å²) in [5.74, 6) is 0.154. The molecule has 0 aromatic heterocycles. The summed E-state index contributed by atoms with van der Waals surface area (Å²) in [5.41, 5.74) is 2.47. The molecule has 0 bridgehead atoms. The molecule has 3 aromatic carbocycles. The van der Waals surface area contributed by atoms with Gasteiger partial charge in [-0.15, -0.1) is 0 Å². The summed E-state index contributed by atoms with van der Waals surface area (Å²) in [6.45, 7) is 1.41. The first-order chi connectivity index (χ1) is 14.7. The van der Waals surface area contributed by atoms with Gasteiger partial charge in [0.25, 0.3) is 5.91 Å². The van der Waals surface area contributed by atoms with Crippen LogP contribution >= 0.6 is 0 Å². The van der Waals surface area contributed by atoms with Gasteiger partial charge in [0, 0.05) is 29.9 Å². The van der Waals surface area contributed by atoms with Crippen LogP contribution in [0.5, 0.6) is 5.75 Å². The molecule has 2 N–H and O–H groups in total. The lowest BCUT2D eigenvalue weighted by Crippen LogP contribution is -2.23. The number of halogens is 1. The van der Waals surface area contributed by atoms with Crippen molar-refractivity contribution in [3.63, 3.8) is 0 Å². The Labute approximate surface area is 175 Å². The highest BCUT2D eigenvalue weighted by Gasteiger charge is 2.07. The SMILES string of the molecule is N#Cc1ccc(OCCCNc2ccc(C(=O)NCc3ccccc3F)cc2)cc1. The molecule has 0 atom stereocenters. The quantitative estimate of drug-likeness (QED) is 0.516. The number of carbonyl (C=O) groups excluding carboxylic acids is 1. The number of rotatable bonds is 9. The van der Waals surface area contributed by atoms with Crippen LogP contribution in [-0.2, 0) is 6.54 Å². The number of nitrogens with zero attached hydrogens (tertiary/aromatic N) is 1. The molecule has 30 heavy (non-hydrogen) atoms. The minimum Gasteiger partial charge on any atom is -0.494 e. The third kappa shape index (κ3) is 6.08. The maximum Gasteiger partial charge on any atom is 0.251 e. The maximum atomic E-state index is 13.6. The maximum absolute atomic E-state index is 13.6. The Morgan fingerprint density at radius 1 is 1.00 bits per heavy atom. The van der Waals surface area contributed by atoms with E-state index in [4.69, 9.17) is 10.00 Å². The van der Waals surface area contributed by atoms with Crippen LogP contribution in [0.1, 0.15) is 27.9 Å². The number of benzene rings is 3. The lowest BCUT2D eigenvalue weighted by atomic mass is 10.1. The molecule has 0 aliphatic rings. The second-order valence-electron chi connectivity index (χ2n) is 6.62. The Hall–Kier alpha value is -3.85. The second kappa shape index (κ2) is 10.6. The van der Waals surface area contributed by atoms with E-state index in [0.717, 1.165) is 24.4 Å². The van der Waals surface area contributed by atoms with E-state index in [2.05, 4.69) is 16.7 Å². The van der Waals surface area contributed by atoms with Crippen LogP contribution in [0.2, 0.25) is 0 Å². The zero-order chi connectivity index (χ0) is 21.2. The van der Waals surface area contributed by atoms with E-state index < -0.39 is 0 Å². The molecule has 0 saturated heterocycles. The van der Waals surface area contributed by atoms with E-state index in [1.54, 1.807) is 54.6 Å². The third-order valence-electron chi connectivity index (χ3n) is 4.45. The molecule has 0 heterocycles. The highest BCUT2D eigenvalue weighted by atomic mass is 19.1. The third-order valence-corrected chi connectivity index (χ3v) is 4.45. The number of carbonyl (C=O) groups is 1. The van der Waals surface area contributed by atoms with Crippen LogP contribution < -0.4 is 15.4 Å². The topological polar surface area (TPSA) is 74.1 Å². The lowest BCUT2D eigenvalue weighted by Gasteiger charge is -2.10. The number of amides is 1.